The summed E-state index contributed by atoms with van der Waals surface area (Å²) in [5.41, 5.74) is 1.33. The summed E-state index contributed by atoms with van der Waals surface area (Å²) in [6.45, 7) is 0. The van der Waals surface area contributed by atoms with Crippen molar-refractivity contribution < 1.29 is 8.78 Å². The second-order valence-electron chi connectivity index (χ2n) is 4.76. The van der Waals surface area contributed by atoms with Crippen LogP contribution in [-0.4, -0.2) is 0 Å². The van der Waals surface area contributed by atoms with Gasteiger partial charge < -0.3 is 0 Å². The summed E-state index contributed by atoms with van der Waals surface area (Å²) in [5, 5.41) is 0. The first-order chi connectivity index (χ1) is 9.18. The summed E-state index contributed by atoms with van der Waals surface area (Å²) in [4.78, 5) is 0. The van der Waals surface area contributed by atoms with Gasteiger partial charge in [-0.25, -0.2) is 8.78 Å². The summed E-state index contributed by atoms with van der Waals surface area (Å²) in [5.74, 6) is -2.71. The van der Waals surface area contributed by atoms with Gasteiger partial charge in [-0.1, -0.05) is 60.7 Å². The average Bonchev–Trinajstić information content (AvgIpc) is 2.46. The van der Waals surface area contributed by atoms with Crippen molar-refractivity contribution in [3.8, 4) is 0 Å². The van der Waals surface area contributed by atoms with Crippen LogP contribution in [-0.2, 0) is 12.3 Å². The van der Waals surface area contributed by atoms with E-state index in [0.29, 0.717) is 6.42 Å². The van der Waals surface area contributed by atoms with Crippen molar-refractivity contribution >= 4 is 0 Å². The number of benzene rings is 2. The van der Waals surface area contributed by atoms with Crippen molar-refractivity contribution in [2.45, 2.75) is 31.6 Å². The summed E-state index contributed by atoms with van der Waals surface area (Å²) in [6.07, 6.45) is 2.12. The molecular weight excluding hydrogens is 242 g/mol. The molecule has 0 amide bonds. The molecule has 0 saturated carbocycles. The third-order valence-corrected chi connectivity index (χ3v) is 3.25. The SMILES string of the molecule is FC(F)(CCCCc1ccccc1)c1ccccc1. The molecule has 0 aromatic heterocycles. The minimum absolute atomic E-state index is 0.0795. The lowest BCUT2D eigenvalue weighted by Gasteiger charge is -2.16. The van der Waals surface area contributed by atoms with Crippen LogP contribution in [0.3, 0.4) is 0 Å². The molecular formula is C17H18F2. The lowest BCUT2D eigenvalue weighted by molar-refractivity contribution is -0.0156. The van der Waals surface area contributed by atoms with E-state index in [9.17, 15) is 8.78 Å². The van der Waals surface area contributed by atoms with Crippen molar-refractivity contribution in [2.24, 2.45) is 0 Å². The van der Waals surface area contributed by atoms with Crippen molar-refractivity contribution in [2.75, 3.05) is 0 Å². The molecule has 0 heterocycles. The molecule has 0 atom stereocenters. The van der Waals surface area contributed by atoms with Crippen LogP contribution >= 0.6 is 0 Å². The highest BCUT2D eigenvalue weighted by Gasteiger charge is 2.30. The van der Waals surface area contributed by atoms with Crippen LogP contribution < -0.4 is 0 Å². The van der Waals surface area contributed by atoms with Gasteiger partial charge >= 0.3 is 0 Å². The molecule has 0 unspecified atom stereocenters. The molecule has 2 heteroatoms. The maximum atomic E-state index is 13.9. The lowest BCUT2D eigenvalue weighted by atomic mass is 10.0. The van der Waals surface area contributed by atoms with E-state index in [1.54, 1.807) is 18.2 Å². The Morgan fingerprint density at radius 2 is 1.32 bits per heavy atom. The monoisotopic (exact) mass is 260 g/mol. The van der Waals surface area contributed by atoms with E-state index in [-0.39, 0.29) is 12.0 Å². The van der Waals surface area contributed by atoms with E-state index in [0.717, 1.165) is 12.8 Å². The molecule has 0 spiro atoms. The van der Waals surface area contributed by atoms with Crippen LogP contribution in [0.4, 0.5) is 8.78 Å². The number of halogens is 2. The molecule has 19 heavy (non-hydrogen) atoms. The van der Waals surface area contributed by atoms with E-state index in [2.05, 4.69) is 0 Å². The number of aryl methyl sites for hydroxylation is 1. The van der Waals surface area contributed by atoms with Crippen molar-refractivity contribution in [3.63, 3.8) is 0 Å². The van der Waals surface area contributed by atoms with Gasteiger partial charge in [-0.15, -0.1) is 0 Å². The largest absolute Gasteiger partial charge is 0.273 e. The standard InChI is InChI=1S/C17H18F2/c18-17(19,16-12-5-2-6-13-16)14-8-7-11-15-9-3-1-4-10-15/h1-6,9-10,12-13H,7-8,11,14H2. The van der Waals surface area contributed by atoms with E-state index in [1.165, 1.54) is 17.7 Å². The summed E-state index contributed by atoms with van der Waals surface area (Å²) in [7, 11) is 0. The van der Waals surface area contributed by atoms with Gasteiger partial charge in [0.25, 0.3) is 5.92 Å². The minimum atomic E-state index is -2.71. The van der Waals surface area contributed by atoms with Crippen molar-refractivity contribution in [1.29, 1.82) is 0 Å². The summed E-state index contributed by atoms with van der Waals surface area (Å²) >= 11 is 0. The Balaban J connectivity index is 1.79. The zero-order valence-electron chi connectivity index (χ0n) is 10.9. The maximum Gasteiger partial charge on any atom is 0.273 e. The quantitative estimate of drug-likeness (QED) is 0.627. The molecule has 0 aliphatic rings. The molecule has 100 valence electrons. The first kappa shape index (κ1) is 13.7. The van der Waals surface area contributed by atoms with E-state index >= 15 is 0 Å². The Morgan fingerprint density at radius 3 is 1.95 bits per heavy atom. The predicted octanol–water partition coefficient (Wildman–Crippen LogP) is 5.19. The fourth-order valence-electron chi connectivity index (χ4n) is 2.15. The molecule has 2 aromatic rings. The van der Waals surface area contributed by atoms with Crippen LogP contribution in [0.2, 0.25) is 0 Å². The van der Waals surface area contributed by atoms with Crippen molar-refractivity contribution in [1.82, 2.24) is 0 Å². The number of unbranched alkanes of at least 4 members (excludes halogenated alkanes) is 1. The topological polar surface area (TPSA) is 0 Å². The average molecular weight is 260 g/mol. The smallest absolute Gasteiger partial charge is 0.201 e. The minimum Gasteiger partial charge on any atom is -0.201 e. The van der Waals surface area contributed by atoms with E-state index < -0.39 is 5.92 Å². The van der Waals surface area contributed by atoms with Crippen LogP contribution in [0.1, 0.15) is 30.4 Å². The zero-order chi connectivity index (χ0) is 13.6. The maximum absolute atomic E-state index is 13.9. The molecule has 0 radical (unpaired) electrons. The van der Waals surface area contributed by atoms with Gasteiger partial charge in [0.15, 0.2) is 0 Å². The number of alkyl halides is 2. The van der Waals surface area contributed by atoms with E-state index in [4.69, 9.17) is 0 Å². The zero-order valence-corrected chi connectivity index (χ0v) is 10.9. The Labute approximate surface area is 113 Å². The molecule has 2 aromatic carbocycles. The number of hydrogen-bond donors (Lipinski definition) is 0. The van der Waals surface area contributed by atoms with Gasteiger partial charge in [0.1, 0.15) is 0 Å². The van der Waals surface area contributed by atoms with Crippen LogP contribution in [0.25, 0.3) is 0 Å². The molecule has 0 aliphatic heterocycles. The first-order valence-electron chi connectivity index (χ1n) is 6.66. The van der Waals surface area contributed by atoms with Gasteiger partial charge in [-0.2, -0.15) is 0 Å². The molecule has 0 fully saturated rings. The van der Waals surface area contributed by atoms with Gasteiger partial charge in [-0.05, 0) is 24.8 Å². The third-order valence-electron chi connectivity index (χ3n) is 3.25. The molecule has 0 nitrogen and oxygen atoms in total. The Bertz CT molecular complexity index is 477. The third kappa shape index (κ3) is 4.16. The van der Waals surface area contributed by atoms with Crippen LogP contribution in [0.5, 0.6) is 0 Å². The van der Waals surface area contributed by atoms with Crippen LogP contribution in [0.15, 0.2) is 60.7 Å². The molecule has 0 bridgehead atoms. The molecule has 0 saturated heterocycles. The fraction of sp³-hybridized carbons (Fsp3) is 0.294. The lowest BCUT2D eigenvalue weighted by Crippen LogP contribution is -2.13. The van der Waals surface area contributed by atoms with Gasteiger partial charge in [0.2, 0.25) is 0 Å². The second kappa shape index (κ2) is 6.46. The Hall–Kier alpha value is -1.70. The number of hydrogen-bond acceptors (Lipinski definition) is 0. The number of rotatable bonds is 6. The molecule has 0 N–H and O–H groups in total. The fourth-order valence-corrected chi connectivity index (χ4v) is 2.15. The summed E-state index contributed by atoms with van der Waals surface area (Å²) in [6, 6.07) is 18.1. The van der Waals surface area contributed by atoms with Crippen LogP contribution in [0, 0.1) is 0 Å². The highest BCUT2D eigenvalue weighted by Crippen LogP contribution is 2.33. The van der Waals surface area contributed by atoms with E-state index in [1.807, 2.05) is 30.3 Å². The molecule has 2 rings (SSSR count). The van der Waals surface area contributed by atoms with Gasteiger partial charge in [-0.3, -0.25) is 0 Å². The highest BCUT2D eigenvalue weighted by molar-refractivity contribution is 5.19. The predicted molar refractivity (Wildman–Crippen MR) is 74.3 cm³/mol. The highest BCUT2D eigenvalue weighted by atomic mass is 19.3. The Kier molecular flexibility index (Phi) is 4.67. The Morgan fingerprint density at radius 1 is 0.737 bits per heavy atom. The van der Waals surface area contributed by atoms with Gasteiger partial charge in [0, 0.05) is 12.0 Å². The first-order valence-corrected chi connectivity index (χ1v) is 6.66. The van der Waals surface area contributed by atoms with Gasteiger partial charge in [0.05, 0.1) is 0 Å². The normalized spacial score (nSPS) is 11.5. The second-order valence-corrected chi connectivity index (χ2v) is 4.76. The molecule has 0 aliphatic carbocycles. The summed E-state index contributed by atoms with van der Waals surface area (Å²) < 4.78 is 27.8. The van der Waals surface area contributed by atoms with Crippen molar-refractivity contribution in [3.05, 3.63) is 71.8 Å².